The zero-order valence-corrected chi connectivity index (χ0v) is 13.9. The average Bonchev–Trinajstić information content (AvgIpc) is 2.47. The molecule has 0 aromatic heterocycles. The maximum absolute atomic E-state index is 12.4. The molecular formula is C14H13BrN2O4S. The van der Waals surface area contributed by atoms with Gasteiger partial charge in [-0.05, 0) is 42.5 Å². The molecule has 8 heteroatoms. The Morgan fingerprint density at radius 1 is 1.18 bits per heavy atom. The lowest BCUT2D eigenvalue weighted by molar-refractivity contribution is 0.100. The molecule has 0 radical (unpaired) electrons. The molecule has 0 aliphatic carbocycles. The molecule has 0 saturated carbocycles. The third-order valence-electron chi connectivity index (χ3n) is 2.84. The van der Waals surface area contributed by atoms with E-state index in [2.05, 4.69) is 20.7 Å². The zero-order valence-electron chi connectivity index (χ0n) is 11.5. The Kier molecular flexibility index (Phi) is 4.72. The number of hydrogen-bond acceptors (Lipinski definition) is 4. The van der Waals surface area contributed by atoms with Crippen molar-refractivity contribution < 1.29 is 17.9 Å². The molecule has 0 heterocycles. The molecular weight excluding hydrogens is 372 g/mol. The zero-order chi connectivity index (χ0) is 16.3. The average molecular weight is 385 g/mol. The van der Waals surface area contributed by atoms with E-state index in [0.29, 0.717) is 15.7 Å². The van der Waals surface area contributed by atoms with E-state index in [9.17, 15) is 13.2 Å². The van der Waals surface area contributed by atoms with Crippen LogP contribution in [0.3, 0.4) is 0 Å². The van der Waals surface area contributed by atoms with Gasteiger partial charge < -0.3 is 10.5 Å². The quantitative estimate of drug-likeness (QED) is 0.826. The fraction of sp³-hybridized carbons (Fsp3) is 0.0714. The van der Waals surface area contributed by atoms with Gasteiger partial charge in [0.25, 0.3) is 10.0 Å². The summed E-state index contributed by atoms with van der Waals surface area (Å²) in [5, 5.41) is 0. The summed E-state index contributed by atoms with van der Waals surface area (Å²) in [6.07, 6.45) is 0. The number of methoxy groups -OCH3 is 1. The Balaban J connectivity index is 2.35. The highest BCUT2D eigenvalue weighted by Gasteiger charge is 2.20. The second-order valence-electron chi connectivity index (χ2n) is 4.34. The Bertz CT molecular complexity index is 804. The normalized spacial score (nSPS) is 11.0. The van der Waals surface area contributed by atoms with E-state index >= 15 is 0 Å². The van der Waals surface area contributed by atoms with Crippen LogP contribution in [0.5, 0.6) is 5.75 Å². The maximum atomic E-state index is 12.4. The molecule has 3 N–H and O–H groups in total. The van der Waals surface area contributed by atoms with Crippen molar-refractivity contribution in [1.82, 2.24) is 0 Å². The maximum Gasteiger partial charge on any atom is 0.265 e. The number of halogens is 1. The number of sulfonamides is 1. The number of benzene rings is 2. The van der Waals surface area contributed by atoms with Gasteiger partial charge in [0.2, 0.25) is 5.91 Å². The van der Waals surface area contributed by atoms with Crippen LogP contribution in [-0.4, -0.2) is 21.4 Å². The van der Waals surface area contributed by atoms with E-state index in [4.69, 9.17) is 10.5 Å². The predicted octanol–water partition coefficient (Wildman–Crippen LogP) is 2.36. The first-order valence-corrected chi connectivity index (χ1v) is 8.37. The van der Waals surface area contributed by atoms with Crippen molar-refractivity contribution >= 4 is 37.5 Å². The minimum Gasteiger partial charge on any atom is -0.495 e. The molecule has 0 fully saturated rings. The van der Waals surface area contributed by atoms with Gasteiger partial charge in [-0.25, -0.2) is 8.42 Å². The first kappa shape index (κ1) is 16.3. The van der Waals surface area contributed by atoms with Crippen molar-refractivity contribution in [3.63, 3.8) is 0 Å². The summed E-state index contributed by atoms with van der Waals surface area (Å²) in [6.45, 7) is 0. The Labute approximate surface area is 136 Å². The molecule has 0 aliphatic rings. The van der Waals surface area contributed by atoms with E-state index < -0.39 is 15.9 Å². The molecule has 2 aromatic carbocycles. The molecule has 0 spiro atoms. The lowest BCUT2D eigenvalue weighted by atomic mass is 10.2. The lowest BCUT2D eigenvalue weighted by Crippen LogP contribution is -2.15. The monoisotopic (exact) mass is 384 g/mol. The van der Waals surface area contributed by atoms with Gasteiger partial charge in [0.1, 0.15) is 10.6 Å². The molecule has 6 nitrogen and oxygen atoms in total. The number of nitrogens with two attached hydrogens (primary N) is 1. The fourth-order valence-corrected chi connectivity index (χ4v) is 3.54. The van der Waals surface area contributed by atoms with Crippen LogP contribution in [0.4, 0.5) is 5.69 Å². The van der Waals surface area contributed by atoms with Crippen LogP contribution >= 0.6 is 15.9 Å². The molecule has 0 bridgehead atoms. The van der Waals surface area contributed by atoms with Gasteiger partial charge in [-0.1, -0.05) is 15.9 Å². The van der Waals surface area contributed by atoms with E-state index in [1.807, 2.05) is 0 Å². The Morgan fingerprint density at radius 2 is 1.82 bits per heavy atom. The number of ether oxygens (including phenoxy) is 1. The second-order valence-corrected chi connectivity index (χ2v) is 6.91. The van der Waals surface area contributed by atoms with Crippen LogP contribution in [0.25, 0.3) is 0 Å². The molecule has 116 valence electrons. The van der Waals surface area contributed by atoms with Crippen LogP contribution in [-0.2, 0) is 10.0 Å². The largest absolute Gasteiger partial charge is 0.495 e. The van der Waals surface area contributed by atoms with Crippen LogP contribution < -0.4 is 15.2 Å². The Hall–Kier alpha value is -2.06. The molecule has 2 rings (SSSR count). The van der Waals surface area contributed by atoms with Crippen molar-refractivity contribution in [2.45, 2.75) is 4.90 Å². The number of rotatable bonds is 5. The SMILES string of the molecule is COc1ccc(Br)cc1S(=O)(=O)Nc1ccc(C(N)=O)cc1. The predicted molar refractivity (Wildman–Crippen MR) is 86.5 cm³/mol. The summed E-state index contributed by atoms with van der Waals surface area (Å²) in [4.78, 5) is 11.0. The summed E-state index contributed by atoms with van der Waals surface area (Å²) in [5.41, 5.74) is 5.74. The highest BCUT2D eigenvalue weighted by atomic mass is 79.9. The van der Waals surface area contributed by atoms with Gasteiger partial charge in [-0.2, -0.15) is 0 Å². The van der Waals surface area contributed by atoms with Crippen LogP contribution in [0.2, 0.25) is 0 Å². The number of nitrogens with one attached hydrogen (secondary N) is 1. The van der Waals surface area contributed by atoms with E-state index in [-0.39, 0.29) is 10.6 Å². The number of hydrogen-bond donors (Lipinski definition) is 2. The molecule has 1 amide bonds. The van der Waals surface area contributed by atoms with Gasteiger partial charge in [-0.3, -0.25) is 9.52 Å². The minimum absolute atomic E-state index is 0.00310. The van der Waals surface area contributed by atoms with Gasteiger partial charge in [0, 0.05) is 15.7 Å². The molecule has 0 saturated heterocycles. The van der Waals surface area contributed by atoms with Crippen molar-refractivity contribution in [1.29, 1.82) is 0 Å². The number of amides is 1. The third kappa shape index (κ3) is 3.58. The molecule has 0 unspecified atom stereocenters. The van der Waals surface area contributed by atoms with Crippen molar-refractivity contribution in [3.05, 3.63) is 52.5 Å². The molecule has 0 atom stereocenters. The summed E-state index contributed by atoms with van der Waals surface area (Å²) in [6, 6.07) is 10.5. The Morgan fingerprint density at radius 3 is 2.36 bits per heavy atom. The van der Waals surface area contributed by atoms with Gasteiger partial charge in [0.15, 0.2) is 0 Å². The summed E-state index contributed by atoms with van der Waals surface area (Å²) < 4.78 is 33.0. The van der Waals surface area contributed by atoms with Crippen molar-refractivity contribution in [2.75, 3.05) is 11.8 Å². The van der Waals surface area contributed by atoms with E-state index in [1.54, 1.807) is 12.1 Å². The fourth-order valence-electron chi connectivity index (χ4n) is 1.77. The first-order valence-electron chi connectivity index (χ1n) is 6.10. The van der Waals surface area contributed by atoms with Crippen molar-refractivity contribution in [2.24, 2.45) is 5.73 Å². The summed E-state index contributed by atoms with van der Waals surface area (Å²) >= 11 is 3.23. The van der Waals surface area contributed by atoms with Gasteiger partial charge in [-0.15, -0.1) is 0 Å². The number of carbonyl (C=O) groups excluding carboxylic acids is 1. The number of anilines is 1. The number of primary amides is 1. The van der Waals surface area contributed by atoms with Crippen LogP contribution in [0.15, 0.2) is 51.8 Å². The topological polar surface area (TPSA) is 98.5 Å². The van der Waals surface area contributed by atoms with Gasteiger partial charge in [0.05, 0.1) is 7.11 Å². The minimum atomic E-state index is -3.83. The van der Waals surface area contributed by atoms with E-state index in [0.717, 1.165) is 0 Å². The molecule has 0 aliphatic heterocycles. The molecule has 22 heavy (non-hydrogen) atoms. The lowest BCUT2D eigenvalue weighted by Gasteiger charge is -2.12. The summed E-state index contributed by atoms with van der Waals surface area (Å²) in [5.74, 6) is -0.354. The second kappa shape index (κ2) is 6.37. The van der Waals surface area contributed by atoms with Gasteiger partial charge >= 0.3 is 0 Å². The van der Waals surface area contributed by atoms with Crippen molar-refractivity contribution in [3.8, 4) is 5.75 Å². The summed E-state index contributed by atoms with van der Waals surface area (Å²) in [7, 11) is -2.44. The smallest absolute Gasteiger partial charge is 0.265 e. The highest BCUT2D eigenvalue weighted by molar-refractivity contribution is 9.10. The van der Waals surface area contributed by atoms with Crippen LogP contribution in [0.1, 0.15) is 10.4 Å². The third-order valence-corrected chi connectivity index (χ3v) is 4.73. The standard InChI is InChI=1S/C14H13BrN2O4S/c1-21-12-7-4-10(15)8-13(12)22(19,20)17-11-5-2-9(3-6-11)14(16)18/h2-8,17H,1H3,(H2,16,18). The van der Waals surface area contributed by atoms with Crippen LogP contribution in [0, 0.1) is 0 Å². The highest BCUT2D eigenvalue weighted by Crippen LogP contribution is 2.28. The molecule has 2 aromatic rings. The first-order chi connectivity index (χ1) is 10.3. The van der Waals surface area contributed by atoms with E-state index in [1.165, 1.54) is 37.4 Å². The number of carbonyl (C=O) groups is 1.